The summed E-state index contributed by atoms with van der Waals surface area (Å²) in [6, 6.07) is 11.4. The van der Waals surface area contributed by atoms with Gasteiger partial charge in [0.2, 0.25) is 17.6 Å². The first-order valence-electron chi connectivity index (χ1n) is 9.47. The molecule has 2 rings (SSSR count). The largest absolute Gasteiger partial charge is 0.450 e. The highest BCUT2D eigenvalue weighted by atomic mass is 32.2. The molecule has 0 spiro atoms. The smallest absolute Gasteiger partial charge is 0.344 e. The Bertz CT molecular complexity index is 864. The number of carbonyl (C=O) groups excluding carboxylic acids is 3. The fourth-order valence-electron chi connectivity index (χ4n) is 2.60. The SMILES string of the molecule is O=C(Cc1ccccc1)N[C@@H](CCCSCC(=O)C(F)(F)F)C(=O)Nc1cccnc1. The Morgan fingerprint density at radius 1 is 1.06 bits per heavy atom. The van der Waals surface area contributed by atoms with Gasteiger partial charge >= 0.3 is 6.18 Å². The summed E-state index contributed by atoms with van der Waals surface area (Å²) in [7, 11) is 0. The lowest BCUT2D eigenvalue weighted by molar-refractivity contribution is -0.167. The van der Waals surface area contributed by atoms with Crippen LogP contribution in [0, 0.1) is 0 Å². The Hall–Kier alpha value is -2.88. The second kappa shape index (κ2) is 12.1. The van der Waals surface area contributed by atoms with Crippen LogP contribution in [0.3, 0.4) is 0 Å². The number of hydrogen-bond donors (Lipinski definition) is 2. The summed E-state index contributed by atoms with van der Waals surface area (Å²) in [6.45, 7) is 0. The van der Waals surface area contributed by atoms with Gasteiger partial charge < -0.3 is 10.6 Å². The van der Waals surface area contributed by atoms with Gasteiger partial charge in [-0.1, -0.05) is 30.3 Å². The van der Waals surface area contributed by atoms with Crippen LogP contribution in [0.15, 0.2) is 54.9 Å². The Kier molecular flexibility index (Phi) is 9.51. The maximum absolute atomic E-state index is 12.6. The molecule has 6 nitrogen and oxygen atoms in total. The van der Waals surface area contributed by atoms with Crippen molar-refractivity contribution in [2.45, 2.75) is 31.5 Å². The highest BCUT2D eigenvalue weighted by Crippen LogP contribution is 2.19. The number of alkyl halides is 3. The van der Waals surface area contributed by atoms with Crippen LogP contribution < -0.4 is 10.6 Å². The average molecular weight is 453 g/mol. The number of Topliss-reactive ketones (excluding diaryl/α,β-unsaturated/α-hetero) is 1. The van der Waals surface area contributed by atoms with Crippen LogP contribution in [0.25, 0.3) is 0 Å². The van der Waals surface area contributed by atoms with Gasteiger partial charge in [-0.15, -0.1) is 0 Å². The number of amides is 2. The number of halogens is 3. The van der Waals surface area contributed by atoms with E-state index in [1.165, 1.54) is 6.20 Å². The Morgan fingerprint density at radius 3 is 2.45 bits per heavy atom. The van der Waals surface area contributed by atoms with Crippen molar-refractivity contribution < 1.29 is 27.6 Å². The lowest BCUT2D eigenvalue weighted by Crippen LogP contribution is -2.44. The fraction of sp³-hybridized carbons (Fsp3) is 0.333. The normalized spacial score (nSPS) is 12.1. The van der Waals surface area contributed by atoms with Gasteiger partial charge in [0.15, 0.2) is 0 Å². The topological polar surface area (TPSA) is 88.2 Å². The standard InChI is InChI=1S/C21H22F3N3O3S/c22-21(23,24)18(28)14-31-11-5-9-17(20(30)26-16-8-4-10-25-13-16)27-19(29)12-15-6-2-1-3-7-15/h1-4,6-8,10,13,17H,5,9,11-12,14H2,(H,26,30)(H,27,29)/t17-/m0/s1. The van der Waals surface area contributed by atoms with E-state index in [0.29, 0.717) is 12.1 Å². The molecular formula is C21H22F3N3O3S. The van der Waals surface area contributed by atoms with Gasteiger partial charge in [-0.3, -0.25) is 19.4 Å². The molecule has 166 valence electrons. The highest BCUT2D eigenvalue weighted by Gasteiger charge is 2.37. The third-order valence-electron chi connectivity index (χ3n) is 4.12. The molecule has 1 heterocycles. The van der Waals surface area contributed by atoms with E-state index in [0.717, 1.165) is 17.3 Å². The van der Waals surface area contributed by atoms with Crippen LogP contribution >= 0.6 is 11.8 Å². The van der Waals surface area contributed by atoms with Crippen molar-refractivity contribution >= 4 is 35.0 Å². The maximum atomic E-state index is 12.6. The molecular weight excluding hydrogens is 431 g/mol. The van der Waals surface area contributed by atoms with Gasteiger partial charge in [-0.2, -0.15) is 24.9 Å². The van der Waals surface area contributed by atoms with E-state index >= 15 is 0 Å². The minimum absolute atomic E-state index is 0.0896. The molecule has 31 heavy (non-hydrogen) atoms. The van der Waals surface area contributed by atoms with Gasteiger partial charge in [0.05, 0.1) is 24.1 Å². The summed E-state index contributed by atoms with van der Waals surface area (Å²) in [5.74, 6) is -3.02. The van der Waals surface area contributed by atoms with E-state index in [1.807, 2.05) is 6.07 Å². The van der Waals surface area contributed by atoms with Crippen LogP contribution in [0.5, 0.6) is 0 Å². The molecule has 2 N–H and O–H groups in total. The average Bonchev–Trinajstić information content (AvgIpc) is 2.73. The van der Waals surface area contributed by atoms with E-state index in [1.54, 1.807) is 42.6 Å². The quantitative estimate of drug-likeness (QED) is 0.509. The third-order valence-corrected chi connectivity index (χ3v) is 5.16. The molecule has 0 saturated heterocycles. The highest BCUT2D eigenvalue weighted by molar-refractivity contribution is 7.99. The number of thioether (sulfide) groups is 1. The third kappa shape index (κ3) is 9.20. The molecule has 0 unspecified atom stereocenters. The van der Waals surface area contributed by atoms with Crippen molar-refractivity contribution in [2.24, 2.45) is 0 Å². The second-order valence-electron chi connectivity index (χ2n) is 6.63. The first-order chi connectivity index (χ1) is 14.8. The van der Waals surface area contributed by atoms with Crippen molar-refractivity contribution in [2.75, 3.05) is 16.8 Å². The molecule has 0 aliphatic rings. The molecule has 0 saturated carbocycles. The molecule has 1 aromatic carbocycles. The van der Waals surface area contributed by atoms with E-state index < -0.39 is 29.7 Å². The summed E-state index contributed by atoms with van der Waals surface area (Å²) < 4.78 is 36.8. The first-order valence-corrected chi connectivity index (χ1v) is 10.6. The van der Waals surface area contributed by atoms with Gasteiger partial charge in [0.1, 0.15) is 6.04 Å². The predicted octanol–water partition coefficient (Wildman–Crippen LogP) is 3.39. The lowest BCUT2D eigenvalue weighted by atomic mass is 10.1. The van der Waals surface area contributed by atoms with Gasteiger partial charge in [0.25, 0.3) is 0 Å². The molecule has 0 radical (unpaired) electrons. The number of nitrogens with zero attached hydrogens (tertiary/aromatic N) is 1. The number of benzene rings is 1. The fourth-order valence-corrected chi connectivity index (χ4v) is 3.46. The minimum Gasteiger partial charge on any atom is -0.344 e. The van der Waals surface area contributed by atoms with Gasteiger partial charge in [0, 0.05) is 6.20 Å². The molecule has 1 atom stereocenters. The van der Waals surface area contributed by atoms with E-state index in [9.17, 15) is 27.6 Å². The number of anilines is 1. The molecule has 1 aromatic heterocycles. The second-order valence-corrected chi connectivity index (χ2v) is 7.73. The van der Waals surface area contributed by atoms with Crippen molar-refractivity contribution in [3.05, 3.63) is 60.4 Å². The van der Waals surface area contributed by atoms with E-state index in [2.05, 4.69) is 15.6 Å². The van der Waals surface area contributed by atoms with Crippen LogP contribution in [0.4, 0.5) is 18.9 Å². The van der Waals surface area contributed by atoms with Crippen molar-refractivity contribution in [1.29, 1.82) is 0 Å². The number of ketones is 1. The predicted molar refractivity (Wildman–Crippen MR) is 113 cm³/mol. The summed E-state index contributed by atoms with van der Waals surface area (Å²) >= 11 is 0.843. The van der Waals surface area contributed by atoms with Crippen molar-refractivity contribution in [3.8, 4) is 0 Å². The van der Waals surface area contributed by atoms with Crippen LogP contribution in [0.2, 0.25) is 0 Å². The molecule has 10 heteroatoms. The maximum Gasteiger partial charge on any atom is 0.450 e. The summed E-state index contributed by atoms with van der Waals surface area (Å²) in [5.41, 5.74) is 1.24. The molecule has 2 aromatic rings. The minimum atomic E-state index is -4.84. The van der Waals surface area contributed by atoms with E-state index in [4.69, 9.17) is 0 Å². The Morgan fingerprint density at radius 2 is 1.81 bits per heavy atom. The summed E-state index contributed by atoms with van der Waals surface area (Å²) in [4.78, 5) is 39.9. The summed E-state index contributed by atoms with van der Waals surface area (Å²) in [6.07, 6.45) is -1.20. The number of aromatic nitrogens is 1. The van der Waals surface area contributed by atoms with Gasteiger partial charge in [-0.05, 0) is 36.3 Å². The summed E-state index contributed by atoms with van der Waals surface area (Å²) in [5, 5.41) is 5.35. The number of carbonyl (C=O) groups is 3. The zero-order chi connectivity index (χ0) is 22.7. The first kappa shape index (κ1) is 24.4. The van der Waals surface area contributed by atoms with Crippen LogP contribution in [-0.2, 0) is 20.8 Å². The molecule has 0 bridgehead atoms. The zero-order valence-corrected chi connectivity index (χ0v) is 17.3. The molecule has 2 amide bonds. The number of nitrogens with one attached hydrogen (secondary N) is 2. The number of pyridine rings is 1. The lowest BCUT2D eigenvalue weighted by Gasteiger charge is -2.18. The number of rotatable bonds is 11. The van der Waals surface area contributed by atoms with Crippen molar-refractivity contribution in [1.82, 2.24) is 10.3 Å². The van der Waals surface area contributed by atoms with Crippen LogP contribution in [0.1, 0.15) is 18.4 Å². The Labute approximate surface area is 182 Å². The zero-order valence-electron chi connectivity index (χ0n) is 16.5. The van der Waals surface area contributed by atoms with Crippen molar-refractivity contribution in [3.63, 3.8) is 0 Å². The number of hydrogen-bond acceptors (Lipinski definition) is 5. The molecule has 0 fully saturated rings. The monoisotopic (exact) mass is 453 g/mol. The molecule has 0 aliphatic carbocycles. The van der Waals surface area contributed by atoms with Gasteiger partial charge in [-0.25, -0.2) is 0 Å². The van der Waals surface area contributed by atoms with E-state index in [-0.39, 0.29) is 24.5 Å². The Balaban J connectivity index is 1.90. The molecule has 0 aliphatic heterocycles. The van der Waals surface area contributed by atoms with Crippen LogP contribution in [-0.4, -0.2) is 46.3 Å².